The zero-order chi connectivity index (χ0) is 12.4. The van der Waals surface area contributed by atoms with Gasteiger partial charge < -0.3 is 5.32 Å². The molecule has 1 aliphatic rings. The Morgan fingerprint density at radius 2 is 2.29 bits per heavy atom. The molecule has 0 bridgehead atoms. The van der Waals surface area contributed by atoms with Crippen LogP contribution in [0.1, 0.15) is 25.2 Å². The second-order valence-electron chi connectivity index (χ2n) is 4.69. The van der Waals surface area contributed by atoms with Gasteiger partial charge in [0, 0.05) is 38.8 Å². The third kappa shape index (κ3) is 2.72. The van der Waals surface area contributed by atoms with Crippen LogP contribution in [0.5, 0.6) is 0 Å². The number of aromatic nitrogens is 2. The van der Waals surface area contributed by atoms with E-state index in [1.807, 2.05) is 0 Å². The maximum atomic E-state index is 4.55. The Morgan fingerprint density at radius 1 is 1.53 bits per heavy atom. The van der Waals surface area contributed by atoms with E-state index in [4.69, 9.17) is 0 Å². The Morgan fingerprint density at radius 3 is 2.94 bits per heavy atom. The molecule has 4 nitrogen and oxygen atoms in total. The highest BCUT2D eigenvalue weighted by atomic mass is 79.9. The van der Waals surface area contributed by atoms with Gasteiger partial charge in [0.05, 0.1) is 15.9 Å². The van der Waals surface area contributed by atoms with E-state index in [9.17, 15) is 0 Å². The lowest BCUT2D eigenvalue weighted by atomic mass is 10.2. The summed E-state index contributed by atoms with van der Waals surface area (Å²) in [5.41, 5.74) is 2.39. The van der Waals surface area contributed by atoms with Crippen molar-refractivity contribution in [3.05, 3.63) is 15.9 Å². The molecular formula is C12H21BrN4. The first-order valence-electron chi connectivity index (χ1n) is 6.30. The van der Waals surface area contributed by atoms with E-state index in [0.717, 1.165) is 38.4 Å². The van der Waals surface area contributed by atoms with Crippen LogP contribution in [0, 0.1) is 6.92 Å². The first-order chi connectivity index (χ1) is 8.13. The van der Waals surface area contributed by atoms with Crippen LogP contribution in [-0.2, 0) is 13.1 Å². The lowest BCUT2D eigenvalue weighted by molar-refractivity contribution is 0.161. The quantitative estimate of drug-likeness (QED) is 0.923. The predicted molar refractivity (Wildman–Crippen MR) is 73.1 cm³/mol. The predicted octanol–water partition coefficient (Wildman–Crippen LogP) is 1.77. The lowest BCUT2D eigenvalue weighted by Gasteiger charge is -2.33. The maximum absolute atomic E-state index is 4.55. The van der Waals surface area contributed by atoms with Crippen LogP contribution in [0.15, 0.2) is 4.47 Å². The number of nitrogens with one attached hydrogen (secondary N) is 1. The van der Waals surface area contributed by atoms with Crippen LogP contribution in [0.4, 0.5) is 0 Å². The van der Waals surface area contributed by atoms with Crippen LogP contribution < -0.4 is 5.32 Å². The van der Waals surface area contributed by atoms with Gasteiger partial charge in [-0.05, 0) is 36.7 Å². The fraction of sp³-hybridized carbons (Fsp3) is 0.750. The molecule has 0 amide bonds. The summed E-state index contributed by atoms with van der Waals surface area (Å²) in [6, 6.07) is 0.594. The highest BCUT2D eigenvalue weighted by molar-refractivity contribution is 9.10. The Kier molecular flexibility index (Phi) is 4.22. The SMILES string of the molecule is CCn1nc(C)c(Br)c1CN1CCNC[C@@H]1C. The number of aryl methyl sites for hydroxylation is 2. The highest BCUT2D eigenvalue weighted by Crippen LogP contribution is 2.23. The average Bonchev–Trinajstić information content (AvgIpc) is 2.59. The summed E-state index contributed by atoms with van der Waals surface area (Å²) in [4.78, 5) is 2.52. The van der Waals surface area contributed by atoms with Crippen molar-refractivity contribution in [2.45, 2.75) is 39.9 Å². The number of piperazine rings is 1. The molecule has 5 heteroatoms. The number of hydrogen-bond donors (Lipinski definition) is 1. The van der Waals surface area contributed by atoms with Gasteiger partial charge in [0.15, 0.2) is 0 Å². The molecule has 0 spiro atoms. The molecule has 2 heterocycles. The van der Waals surface area contributed by atoms with Gasteiger partial charge >= 0.3 is 0 Å². The van der Waals surface area contributed by atoms with Gasteiger partial charge in [0.2, 0.25) is 0 Å². The van der Waals surface area contributed by atoms with Crippen molar-refractivity contribution in [1.82, 2.24) is 20.0 Å². The van der Waals surface area contributed by atoms with Crippen molar-refractivity contribution in [1.29, 1.82) is 0 Å². The molecule has 0 aromatic carbocycles. The van der Waals surface area contributed by atoms with E-state index in [-0.39, 0.29) is 0 Å². The second kappa shape index (κ2) is 5.50. The molecule has 1 aromatic heterocycles. The van der Waals surface area contributed by atoms with Gasteiger partial charge in [-0.1, -0.05) is 0 Å². The minimum atomic E-state index is 0.594. The molecule has 1 aliphatic heterocycles. The van der Waals surface area contributed by atoms with Crippen molar-refractivity contribution < 1.29 is 0 Å². The molecule has 0 aliphatic carbocycles. The Labute approximate surface area is 111 Å². The molecule has 2 rings (SSSR count). The van der Waals surface area contributed by atoms with Crippen molar-refractivity contribution in [3.63, 3.8) is 0 Å². The van der Waals surface area contributed by atoms with E-state index < -0.39 is 0 Å². The van der Waals surface area contributed by atoms with Crippen molar-refractivity contribution in [3.8, 4) is 0 Å². The number of nitrogens with zero attached hydrogens (tertiary/aromatic N) is 3. The van der Waals surface area contributed by atoms with E-state index in [1.165, 1.54) is 10.2 Å². The molecule has 1 fully saturated rings. The third-order valence-electron chi connectivity index (χ3n) is 3.44. The van der Waals surface area contributed by atoms with Crippen LogP contribution in [0.2, 0.25) is 0 Å². The summed E-state index contributed by atoms with van der Waals surface area (Å²) in [5, 5.41) is 7.97. The molecule has 1 atom stereocenters. The summed E-state index contributed by atoms with van der Waals surface area (Å²) in [6.07, 6.45) is 0. The van der Waals surface area contributed by atoms with Crippen molar-refractivity contribution in [2.75, 3.05) is 19.6 Å². The highest BCUT2D eigenvalue weighted by Gasteiger charge is 2.21. The number of rotatable bonds is 3. The maximum Gasteiger partial charge on any atom is 0.0739 e. The van der Waals surface area contributed by atoms with Crippen molar-refractivity contribution >= 4 is 15.9 Å². The molecule has 0 saturated carbocycles. The molecule has 96 valence electrons. The molecule has 0 radical (unpaired) electrons. The van der Waals surface area contributed by atoms with Gasteiger partial charge in [0.1, 0.15) is 0 Å². The normalized spacial score (nSPS) is 22.0. The molecule has 1 saturated heterocycles. The monoisotopic (exact) mass is 300 g/mol. The summed E-state index contributed by atoms with van der Waals surface area (Å²) < 4.78 is 3.28. The fourth-order valence-electron chi connectivity index (χ4n) is 2.33. The van der Waals surface area contributed by atoms with E-state index in [1.54, 1.807) is 0 Å². The fourth-order valence-corrected chi connectivity index (χ4v) is 2.74. The van der Waals surface area contributed by atoms with Gasteiger partial charge in [0.25, 0.3) is 0 Å². The Hall–Kier alpha value is -0.390. The van der Waals surface area contributed by atoms with Crippen molar-refractivity contribution in [2.24, 2.45) is 0 Å². The first-order valence-corrected chi connectivity index (χ1v) is 7.09. The van der Waals surface area contributed by atoms with E-state index >= 15 is 0 Å². The average molecular weight is 301 g/mol. The van der Waals surface area contributed by atoms with Gasteiger partial charge in [-0.2, -0.15) is 5.10 Å². The number of halogens is 1. The minimum absolute atomic E-state index is 0.594. The van der Waals surface area contributed by atoms with Gasteiger partial charge in [-0.3, -0.25) is 9.58 Å². The largest absolute Gasteiger partial charge is 0.314 e. The Bertz CT molecular complexity index is 388. The van der Waals surface area contributed by atoms with E-state index in [2.05, 4.69) is 56.7 Å². The standard InChI is InChI=1S/C12H21BrN4/c1-4-17-11(12(13)10(3)15-17)8-16-6-5-14-7-9(16)2/h9,14H,4-8H2,1-3H3/t9-/m0/s1. The molecule has 1 N–H and O–H groups in total. The van der Waals surface area contributed by atoms with E-state index in [0.29, 0.717) is 6.04 Å². The van der Waals surface area contributed by atoms with Crippen LogP contribution in [-0.4, -0.2) is 40.4 Å². The van der Waals surface area contributed by atoms with Crippen LogP contribution >= 0.6 is 15.9 Å². The molecular weight excluding hydrogens is 280 g/mol. The first kappa shape index (κ1) is 13.1. The van der Waals surface area contributed by atoms with Gasteiger partial charge in [-0.15, -0.1) is 0 Å². The topological polar surface area (TPSA) is 33.1 Å². The smallest absolute Gasteiger partial charge is 0.0739 e. The van der Waals surface area contributed by atoms with Gasteiger partial charge in [-0.25, -0.2) is 0 Å². The number of hydrogen-bond acceptors (Lipinski definition) is 3. The summed E-state index contributed by atoms with van der Waals surface area (Å²) in [5.74, 6) is 0. The van der Waals surface area contributed by atoms with Crippen LogP contribution in [0.25, 0.3) is 0 Å². The van der Waals surface area contributed by atoms with Crippen LogP contribution in [0.3, 0.4) is 0 Å². The summed E-state index contributed by atoms with van der Waals surface area (Å²) in [6.45, 7) is 11.7. The summed E-state index contributed by atoms with van der Waals surface area (Å²) >= 11 is 3.66. The molecule has 1 aromatic rings. The lowest BCUT2D eigenvalue weighted by Crippen LogP contribution is -2.49. The third-order valence-corrected chi connectivity index (χ3v) is 4.48. The zero-order valence-corrected chi connectivity index (χ0v) is 12.4. The summed E-state index contributed by atoms with van der Waals surface area (Å²) in [7, 11) is 0. The second-order valence-corrected chi connectivity index (χ2v) is 5.48. The molecule has 17 heavy (non-hydrogen) atoms. The minimum Gasteiger partial charge on any atom is -0.314 e. The Balaban J connectivity index is 2.16. The zero-order valence-electron chi connectivity index (χ0n) is 10.8. The molecule has 0 unspecified atom stereocenters.